The molecule has 1 unspecified atom stereocenters. The minimum atomic E-state index is -0.426. The van der Waals surface area contributed by atoms with Gasteiger partial charge in [-0.2, -0.15) is 0 Å². The lowest BCUT2D eigenvalue weighted by atomic mass is 10.1. The van der Waals surface area contributed by atoms with Crippen molar-refractivity contribution in [2.45, 2.75) is 13.3 Å². The number of carbonyl (C=O) groups is 1. The van der Waals surface area contributed by atoms with Crippen LogP contribution in [-0.4, -0.2) is 35.6 Å². The van der Waals surface area contributed by atoms with Gasteiger partial charge >= 0.3 is 0 Å². The summed E-state index contributed by atoms with van der Waals surface area (Å²) in [7, 11) is 0. The topological polar surface area (TPSA) is 33.2 Å². The van der Waals surface area contributed by atoms with Crippen molar-refractivity contribution < 1.29 is 13.6 Å². The summed E-state index contributed by atoms with van der Waals surface area (Å²) in [5, 5.41) is 0. The normalized spacial score (nSPS) is 19.7. The van der Waals surface area contributed by atoms with Gasteiger partial charge in [0.15, 0.2) is 0 Å². The molecule has 0 N–H and O–H groups in total. The van der Waals surface area contributed by atoms with Crippen molar-refractivity contribution in [2.75, 3.05) is 19.8 Å². The van der Waals surface area contributed by atoms with Crippen LogP contribution in [0.15, 0.2) is 12.1 Å². The van der Waals surface area contributed by atoms with E-state index in [2.05, 4.69) is 4.98 Å². The molecule has 0 bridgehead atoms. The molecule has 1 atom stereocenters. The zero-order chi connectivity index (χ0) is 12.4. The van der Waals surface area contributed by atoms with Gasteiger partial charge in [0.1, 0.15) is 11.5 Å². The smallest absolute Gasteiger partial charge is 0.272 e. The Morgan fingerprint density at radius 3 is 2.94 bits per heavy atom. The third-order valence-corrected chi connectivity index (χ3v) is 3.03. The molecule has 5 heteroatoms. The van der Waals surface area contributed by atoms with Crippen molar-refractivity contribution in [1.29, 1.82) is 0 Å². The molecular weight excluding hydrogens is 226 g/mol. The van der Waals surface area contributed by atoms with Gasteiger partial charge in [-0.15, -0.1) is 0 Å². The van der Waals surface area contributed by atoms with E-state index < -0.39 is 12.5 Å². The number of hydrogen-bond donors (Lipinski definition) is 0. The van der Waals surface area contributed by atoms with Crippen LogP contribution in [0.1, 0.15) is 22.6 Å². The molecule has 1 fully saturated rings. The molecule has 1 amide bonds. The zero-order valence-corrected chi connectivity index (χ0v) is 9.62. The number of amides is 1. The Morgan fingerprint density at radius 2 is 2.35 bits per heavy atom. The number of pyridine rings is 1. The van der Waals surface area contributed by atoms with Gasteiger partial charge in [-0.1, -0.05) is 0 Å². The minimum absolute atomic E-state index is 0.0690. The molecule has 3 nitrogen and oxygen atoms in total. The van der Waals surface area contributed by atoms with Crippen molar-refractivity contribution in [3.05, 3.63) is 29.3 Å². The Morgan fingerprint density at radius 1 is 1.59 bits per heavy atom. The molecule has 1 aliphatic heterocycles. The summed E-state index contributed by atoms with van der Waals surface area (Å²) in [6.07, 6.45) is 0.683. The molecule has 2 rings (SSSR count). The summed E-state index contributed by atoms with van der Waals surface area (Å²) in [6.45, 7) is 2.08. The van der Waals surface area contributed by atoms with Gasteiger partial charge in [-0.3, -0.25) is 9.18 Å². The van der Waals surface area contributed by atoms with E-state index in [1.165, 1.54) is 19.1 Å². The van der Waals surface area contributed by atoms with E-state index in [1.807, 2.05) is 0 Å². The molecular formula is C12H14F2N2O. The average molecular weight is 240 g/mol. The summed E-state index contributed by atoms with van der Waals surface area (Å²) in [4.78, 5) is 17.5. The molecule has 17 heavy (non-hydrogen) atoms. The summed E-state index contributed by atoms with van der Waals surface area (Å²) in [5.74, 6) is -0.742. The lowest BCUT2D eigenvalue weighted by Gasteiger charge is -2.15. The number of hydrogen-bond acceptors (Lipinski definition) is 2. The summed E-state index contributed by atoms with van der Waals surface area (Å²) in [6, 6.07) is 2.60. The van der Waals surface area contributed by atoms with Crippen LogP contribution < -0.4 is 0 Å². The van der Waals surface area contributed by atoms with E-state index in [9.17, 15) is 13.6 Å². The maximum atomic E-state index is 13.0. The summed E-state index contributed by atoms with van der Waals surface area (Å²) in [5.41, 5.74) is 0.431. The molecule has 0 radical (unpaired) electrons. The lowest BCUT2D eigenvalue weighted by Crippen LogP contribution is -2.29. The van der Waals surface area contributed by atoms with Crippen molar-refractivity contribution >= 4 is 5.91 Å². The highest BCUT2D eigenvalue weighted by Gasteiger charge is 2.27. The van der Waals surface area contributed by atoms with Crippen LogP contribution >= 0.6 is 0 Å². The Kier molecular flexibility index (Phi) is 3.36. The fourth-order valence-electron chi connectivity index (χ4n) is 1.97. The first-order chi connectivity index (χ1) is 8.11. The first kappa shape index (κ1) is 12.0. The van der Waals surface area contributed by atoms with Crippen molar-refractivity contribution in [3.63, 3.8) is 0 Å². The van der Waals surface area contributed by atoms with Crippen LogP contribution in [0, 0.1) is 18.7 Å². The zero-order valence-electron chi connectivity index (χ0n) is 9.62. The van der Waals surface area contributed by atoms with E-state index in [-0.39, 0.29) is 23.2 Å². The quantitative estimate of drug-likeness (QED) is 0.791. The lowest BCUT2D eigenvalue weighted by molar-refractivity contribution is 0.0779. The molecule has 1 aromatic rings. The Bertz CT molecular complexity index is 437. The highest BCUT2D eigenvalue weighted by molar-refractivity contribution is 5.92. The van der Waals surface area contributed by atoms with Gasteiger partial charge in [-0.25, -0.2) is 9.37 Å². The maximum absolute atomic E-state index is 13.0. The molecule has 0 aliphatic carbocycles. The van der Waals surface area contributed by atoms with E-state index in [1.54, 1.807) is 4.90 Å². The number of nitrogens with zero attached hydrogens (tertiary/aromatic N) is 2. The van der Waals surface area contributed by atoms with Crippen molar-refractivity contribution in [3.8, 4) is 0 Å². The standard InChI is InChI=1S/C12H14F2N2O/c1-8-10(14)2-3-11(15-8)12(17)16-5-4-9(6-13)7-16/h2-3,9H,4-7H2,1H3. The van der Waals surface area contributed by atoms with Crippen LogP contribution in [0.3, 0.4) is 0 Å². The molecule has 0 spiro atoms. The van der Waals surface area contributed by atoms with Crippen LogP contribution in [0.2, 0.25) is 0 Å². The number of aromatic nitrogens is 1. The fourth-order valence-corrected chi connectivity index (χ4v) is 1.97. The number of aryl methyl sites for hydroxylation is 1. The second kappa shape index (κ2) is 4.77. The molecule has 1 saturated heterocycles. The van der Waals surface area contributed by atoms with E-state index in [4.69, 9.17) is 0 Å². The van der Waals surface area contributed by atoms with Crippen molar-refractivity contribution in [1.82, 2.24) is 9.88 Å². The second-order valence-electron chi connectivity index (χ2n) is 4.32. The Balaban J connectivity index is 2.12. The first-order valence-electron chi connectivity index (χ1n) is 5.60. The van der Waals surface area contributed by atoms with Gasteiger partial charge in [0.2, 0.25) is 0 Å². The number of alkyl halides is 1. The van der Waals surface area contributed by atoms with Crippen LogP contribution in [0.4, 0.5) is 8.78 Å². The predicted octanol–water partition coefficient (Wildman–Crippen LogP) is 1.96. The molecule has 0 aromatic carbocycles. The minimum Gasteiger partial charge on any atom is -0.337 e. The molecule has 1 aromatic heterocycles. The number of halogens is 2. The number of carbonyl (C=O) groups excluding carboxylic acids is 1. The van der Waals surface area contributed by atoms with Gasteiger partial charge in [0, 0.05) is 19.0 Å². The first-order valence-corrected chi connectivity index (χ1v) is 5.60. The van der Waals surface area contributed by atoms with Crippen LogP contribution in [0.5, 0.6) is 0 Å². The maximum Gasteiger partial charge on any atom is 0.272 e. The fraction of sp³-hybridized carbons (Fsp3) is 0.500. The third kappa shape index (κ3) is 2.43. The molecule has 92 valence electrons. The highest BCUT2D eigenvalue weighted by atomic mass is 19.1. The predicted molar refractivity (Wildman–Crippen MR) is 58.9 cm³/mol. The molecule has 1 aliphatic rings. The Labute approximate surface area is 98.5 Å². The van der Waals surface area contributed by atoms with Crippen LogP contribution in [0.25, 0.3) is 0 Å². The average Bonchev–Trinajstić information content (AvgIpc) is 2.80. The summed E-state index contributed by atoms with van der Waals surface area (Å²) >= 11 is 0. The Hall–Kier alpha value is -1.52. The molecule has 0 saturated carbocycles. The van der Waals surface area contributed by atoms with E-state index >= 15 is 0 Å². The number of likely N-dealkylation sites (tertiary alicyclic amines) is 1. The van der Waals surface area contributed by atoms with E-state index in [0.29, 0.717) is 19.5 Å². The van der Waals surface area contributed by atoms with Gasteiger partial charge in [0.05, 0.1) is 12.4 Å². The van der Waals surface area contributed by atoms with Crippen LogP contribution in [-0.2, 0) is 0 Å². The highest BCUT2D eigenvalue weighted by Crippen LogP contribution is 2.18. The molecule has 2 heterocycles. The largest absolute Gasteiger partial charge is 0.337 e. The monoisotopic (exact) mass is 240 g/mol. The van der Waals surface area contributed by atoms with Gasteiger partial charge in [-0.05, 0) is 25.5 Å². The van der Waals surface area contributed by atoms with Crippen molar-refractivity contribution in [2.24, 2.45) is 5.92 Å². The van der Waals surface area contributed by atoms with Gasteiger partial charge < -0.3 is 4.90 Å². The van der Waals surface area contributed by atoms with E-state index in [0.717, 1.165) is 0 Å². The summed E-state index contributed by atoms with van der Waals surface area (Å²) < 4.78 is 25.5. The van der Waals surface area contributed by atoms with Gasteiger partial charge in [0.25, 0.3) is 5.91 Å². The SMILES string of the molecule is Cc1nc(C(=O)N2CCC(CF)C2)ccc1F. The third-order valence-electron chi connectivity index (χ3n) is 3.03. The second-order valence-corrected chi connectivity index (χ2v) is 4.32. The number of rotatable bonds is 2.